The minimum absolute atomic E-state index is 0.0149. The highest BCUT2D eigenvalue weighted by molar-refractivity contribution is 6.74. The molecular formula is C33H38N2O5Si. The fourth-order valence-electron chi connectivity index (χ4n) is 4.84. The maximum atomic E-state index is 12.0. The molecule has 1 aliphatic rings. The van der Waals surface area contributed by atoms with E-state index in [2.05, 4.69) is 69.2 Å². The summed E-state index contributed by atoms with van der Waals surface area (Å²) < 4.78 is 24.3. The number of nitrogens with zero attached hydrogens (tertiary/aromatic N) is 2. The van der Waals surface area contributed by atoms with E-state index >= 15 is 0 Å². The highest BCUT2D eigenvalue weighted by atomic mass is 28.4. The van der Waals surface area contributed by atoms with Crippen molar-refractivity contribution in [3.8, 4) is 17.2 Å². The zero-order chi connectivity index (χ0) is 29.2. The van der Waals surface area contributed by atoms with Crippen LogP contribution in [0.5, 0.6) is 5.75 Å². The Morgan fingerprint density at radius 3 is 2.51 bits per heavy atom. The molecule has 0 fully saturated rings. The summed E-state index contributed by atoms with van der Waals surface area (Å²) in [5.74, 6) is 1.55. The maximum absolute atomic E-state index is 12.0. The molecule has 8 heteroatoms. The molecule has 2 aromatic carbocycles. The number of hydrogen-bond acceptors (Lipinski definition) is 7. The molecule has 0 spiro atoms. The van der Waals surface area contributed by atoms with Crippen molar-refractivity contribution in [3.05, 3.63) is 101 Å². The lowest BCUT2D eigenvalue weighted by atomic mass is 9.99. The van der Waals surface area contributed by atoms with Gasteiger partial charge >= 0.3 is 5.97 Å². The Hall–Kier alpha value is -3.75. The van der Waals surface area contributed by atoms with Crippen LogP contribution in [0, 0.1) is 5.92 Å². The zero-order valence-electron chi connectivity index (χ0n) is 24.6. The molecule has 0 aliphatic heterocycles. The van der Waals surface area contributed by atoms with Crippen molar-refractivity contribution < 1.29 is 23.1 Å². The number of esters is 1. The first-order valence-corrected chi connectivity index (χ1v) is 16.9. The second kappa shape index (κ2) is 11.6. The summed E-state index contributed by atoms with van der Waals surface area (Å²) in [5, 5.41) is 0.0149. The third kappa shape index (κ3) is 6.44. The van der Waals surface area contributed by atoms with Gasteiger partial charge in [-0.1, -0.05) is 63.2 Å². The van der Waals surface area contributed by atoms with E-state index in [4.69, 9.17) is 23.3 Å². The molecule has 0 saturated carbocycles. The molecule has 0 saturated heterocycles. The smallest absolute Gasteiger partial charge is 0.356 e. The number of hydrogen-bond donors (Lipinski definition) is 0. The lowest BCUT2D eigenvalue weighted by Crippen LogP contribution is -2.43. The summed E-state index contributed by atoms with van der Waals surface area (Å²) >= 11 is 0. The van der Waals surface area contributed by atoms with Crippen LogP contribution in [0.2, 0.25) is 18.1 Å². The molecule has 0 bridgehead atoms. The summed E-state index contributed by atoms with van der Waals surface area (Å²) in [7, 11) is -0.846. The number of fused-ring (bicyclic) bond motifs is 1. The number of rotatable bonds is 9. The molecule has 2 heterocycles. The van der Waals surface area contributed by atoms with Crippen LogP contribution < -0.4 is 4.74 Å². The fourth-order valence-corrected chi connectivity index (χ4v) is 6.13. The molecule has 7 nitrogen and oxygen atoms in total. The van der Waals surface area contributed by atoms with Gasteiger partial charge in [-0.15, -0.1) is 0 Å². The number of pyridine rings is 1. The van der Waals surface area contributed by atoms with E-state index in [9.17, 15) is 4.79 Å². The van der Waals surface area contributed by atoms with Gasteiger partial charge in [-0.05, 0) is 71.9 Å². The molecule has 2 atom stereocenters. The van der Waals surface area contributed by atoms with Gasteiger partial charge < -0.3 is 18.3 Å². The number of benzene rings is 2. The average Bonchev–Trinajstić information content (AvgIpc) is 3.62. The van der Waals surface area contributed by atoms with E-state index in [1.165, 1.54) is 18.2 Å². The molecule has 2 aromatic heterocycles. The molecule has 0 amide bonds. The number of methoxy groups -OCH3 is 1. The minimum atomic E-state index is -2.18. The van der Waals surface area contributed by atoms with E-state index in [1.807, 2.05) is 18.2 Å². The molecule has 5 rings (SSSR count). The van der Waals surface area contributed by atoms with Crippen LogP contribution in [-0.2, 0) is 28.6 Å². The molecular weight excluding hydrogens is 532 g/mol. The van der Waals surface area contributed by atoms with Gasteiger partial charge in [0.2, 0.25) is 5.89 Å². The van der Waals surface area contributed by atoms with Gasteiger partial charge in [0.15, 0.2) is 14.1 Å². The van der Waals surface area contributed by atoms with Crippen molar-refractivity contribution in [3.63, 3.8) is 0 Å². The van der Waals surface area contributed by atoms with Gasteiger partial charge in [0.05, 0.1) is 13.3 Å². The Bertz CT molecular complexity index is 1510. The van der Waals surface area contributed by atoms with Crippen LogP contribution in [0.3, 0.4) is 0 Å². The van der Waals surface area contributed by atoms with Crippen LogP contribution >= 0.6 is 0 Å². The second-order valence-electron chi connectivity index (χ2n) is 12.1. The van der Waals surface area contributed by atoms with Crippen molar-refractivity contribution in [1.82, 2.24) is 9.97 Å². The number of carbonyl (C=O) groups excluding carboxylic acids is 1. The van der Waals surface area contributed by atoms with Gasteiger partial charge in [0.25, 0.3) is 0 Å². The van der Waals surface area contributed by atoms with Crippen LogP contribution in [0.25, 0.3) is 11.5 Å². The molecule has 41 heavy (non-hydrogen) atoms. The molecule has 0 N–H and O–H groups in total. The lowest BCUT2D eigenvalue weighted by Gasteiger charge is -2.40. The number of aromatic nitrogens is 2. The largest absolute Gasteiger partial charge is 0.489 e. The Kier molecular flexibility index (Phi) is 8.15. The molecule has 1 aliphatic carbocycles. The first-order chi connectivity index (χ1) is 19.5. The third-order valence-electron chi connectivity index (χ3n) is 8.21. The highest BCUT2D eigenvalue weighted by Gasteiger charge is 2.44. The van der Waals surface area contributed by atoms with E-state index in [-0.39, 0.29) is 22.8 Å². The monoisotopic (exact) mass is 570 g/mol. The predicted octanol–water partition coefficient (Wildman–Crippen LogP) is 7.58. The molecule has 214 valence electrons. The first kappa shape index (κ1) is 28.8. The Morgan fingerprint density at radius 1 is 1.02 bits per heavy atom. The first-order valence-electron chi connectivity index (χ1n) is 14.0. The quantitative estimate of drug-likeness (QED) is 0.151. The summed E-state index contributed by atoms with van der Waals surface area (Å²) in [5.41, 5.74) is 4.44. The summed E-state index contributed by atoms with van der Waals surface area (Å²) in [6.45, 7) is 11.7. The SMILES string of the molecule is COC(=O)c1cccc(-c2cnc(C(O[Si](C)(C)C(C)(C)C)C3Cc4ccc(OCc5ccccc5)cc4C3)o2)n1. The van der Waals surface area contributed by atoms with E-state index in [0.717, 1.165) is 24.2 Å². The fraction of sp³-hybridized carbons (Fsp3) is 0.364. The zero-order valence-corrected chi connectivity index (χ0v) is 25.6. The number of carbonyl (C=O) groups is 1. The highest BCUT2D eigenvalue weighted by Crippen LogP contribution is 2.45. The average molecular weight is 571 g/mol. The Morgan fingerprint density at radius 2 is 1.78 bits per heavy atom. The molecule has 2 unspecified atom stereocenters. The third-order valence-corrected chi connectivity index (χ3v) is 12.7. The van der Waals surface area contributed by atoms with Gasteiger partial charge in [-0.2, -0.15) is 0 Å². The van der Waals surface area contributed by atoms with Crippen molar-refractivity contribution in [2.45, 2.75) is 64.5 Å². The van der Waals surface area contributed by atoms with Crippen LogP contribution in [0.4, 0.5) is 0 Å². The van der Waals surface area contributed by atoms with Crippen LogP contribution in [0.15, 0.2) is 77.3 Å². The van der Waals surface area contributed by atoms with Crippen LogP contribution in [-0.4, -0.2) is 31.4 Å². The van der Waals surface area contributed by atoms with Crippen molar-refractivity contribution >= 4 is 14.3 Å². The van der Waals surface area contributed by atoms with E-state index in [0.29, 0.717) is 24.0 Å². The summed E-state index contributed by atoms with van der Waals surface area (Å²) in [4.78, 5) is 21.1. The predicted molar refractivity (Wildman–Crippen MR) is 160 cm³/mol. The minimum Gasteiger partial charge on any atom is -0.489 e. The second-order valence-corrected chi connectivity index (χ2v) is 16.9. The number of oxazole rings is 1. The normalized spacial score (nSPS) is 15.8. The topological polar surface area (TPSA) is 83.7 Å². The Labute approximate surface area is 243 Å². The van der Waals surface area contributed by atoms with E-state index in [1.54, 1.807) is 24.4 Å². The van der Waals surface area contributed by atoms with Gasteiger partial charge in [-0.25, -0.2) is 14.8 Å². The summed E-state index contributed by atoms with van der Waals surface area (Å²) in [6.07, 6.45) is 3.04. The van der Waals surface area contributed by atoms with Gasteiger partial charge in [0.1, 0.15) is 29.8 Å². The maximum Gasteiger partial charge on any atom is 0.356 e. The van der Waals surface area contributed by atoms with Crippen LogP contribution in [0.1, 0.15) is 59.9 Å². The molecule has 0 radical (unpaired) electrons. The van der Waals surface area contributed by atoms with Crippen molar-refractivity contribution in [2.24, 2.45) is 5.92 Å². The Balaban J connectivity index is 1.40. The lowest BCUT2D eigenvalue weighted by molar-refractivity contribution is 0.0594. The van der Waals surface area contributed by atoms with Crippen molar-refractivity contribution in [1.29, 1.82) is 0 Å². The molecule has 4 aromatic rings. The van der Waals surface area contributed by atoms with E-state index < -0.39 is 14.3 Å². The summed E-state index contributed by atoms with van der Waals surface area (Å²) in [6, 6.07) is 21.7. The standard InChI is InChI=1S/C33H38N2O5Si/c1-33(2,3)41(5,6)40-30(31-34-20-29(39-31)27-13-10-14-28(35-27)32(36)37-4)25-17-23-15-16-26(19-24(23)18-25)38-21-22-11-8-7-9-12-22/h7-16,19-20,25,30H,17-18,21H2,1-6H3. The van der Waals surface area contributed by atoms with Gasteiger partial charge in [0, 0.05) is 5.92 Å². The van der Waals surface area contributed by atoms with Crippen molar-refractivity contribution in [2.75, 3.05) is 7.11 Å². The number of ether oxygens (including phenoxy) is 2. The van der Waals surface area contributed by atoms with Gasteiger partial charge in [-0.3, -0.25) is 0 Å².